The van der Waals surface area contributed by atoms with Crippen LogP contribution in [0, 0.1) is 5.92 Å². The lowest BCUT2D eigenvalue weighted by Crippen LogP contribution is -2.30. The van der Waals surface area contributed by atoms with Gasteiger partial charge in [-0.1, -0.05) is 12.8 Å². The zero-order valence-corrected chi connectivity index (χ0v) is 14.4. The largest absolute Gasteiger partial charge is 0.342 e. The summed E-state index contributed by atoms with van der Waals surface area (Å²) in [5, 5.41) is 0. The Bertz CT molecular complexity index is 732. The summed E-state index contributed by atoms with van der Waals surface area (Å²) in [5.41, 5.74) is 1.93. The Morgan fingerprint density at radius 1 is 1.29 bits per heavy atom. The molecule has 3 heterocycles. The third kappa shape index (κ3) is 2.80. The normalized spacial score (nSPS) is 21.9. The first kappa shape index (κ1) is 15.6. The average molecular weight is 326 g/mol. The molecule has 5 heteroatoms. The van der Waals surface area contributed by atoms with E-state index < -0.39 is 0 Å². The van der Waals surface area contributed by atoms with E-state index in [1.165, 1.54) is 25.7 Å². The number of carbonyl (C=O) groups excluding carboxylic acids is 1. The molecule has 2 fully saturated rings. The summed E-state index contributed by atoms with van der Waals surface area (Å²) in [6.07, 6.45) is 8.66. The number of fused-ring (bicyclic) bond motifs is 1. The van der Waals surface area contributed by atoms with Crippen molar-refractivity contribution in [3.63, 3.8) is 0 Å². The number of aromatic nitrogens is 3. The van der Waals surface area contributed by atoms with Gasteiger partial charge in [-0.15, -0.1) is 0 Å². The number of hydrogen-bond donors (Lipinski definition) is 0. The second kappa shape index (κ2) is 6.54. The van der Waals surface area contributed by atoms with Crippen molar-refractivity contribution in [2.24, 2.45) is 5.92 Å². The molecule has 2 aromatic heterocycles. The van der Waals surface area contributed by atoms with Crippen LogP contribution in [0.5, 0.6) is 0 Å². The zero-order chi connectivity index (χ0) is 16.5. The van der Waals surface area contributed by atoms with E-state index in [-0.39, 0.29) is 0 Å². The quantitative estimate of drug-likeness (QED) is 0.866. The van der Waals surface area contributed by atoms with Crippen molar-refractivity contribution in [2.45, 2.75) is 57.9 Å². The van der Waals surface area contributed by atoms with Crippen LogP contribution < -0.4 is 0 Å². The van der Waals surface area contributed by atoms with Crippen molar-refractivity contribution in [1.82, 2.24) is 19.4 Å². The molecule has 5 nitrogen and oxygen atoms in total. The molecular weight excluding hydrogens is 300 g/mol. The number of aryl methyl sites for hydroxylation is 1. The molecule has 0 spiro atoms. The smallest absolute Gasteiger partial charge is 0.222 e. The van der Waals surface area contributed by atoms with Gasteiger partial charge < -0.3 is 9.47 Å². The minimum Gasteiger partial charge on any atom is -0.342 e. The molecule has 1 saturated heterocycles. The predicted molar refractivity (Wildman–Crippen MR) is 93.7 cm³/mol. The number of amides is 1. The molecule has 2 aliphatic rings. The van der Waals surface area contributed by atoms with E-state index in [2.05, 4.69) is 21.4 Å². The number of likely N-dealkylation sites (tertiary alicyclic amines) is 1. The van der Waals surface area contributed by atoms with Gasteiger partial charge in [0.2, 0.25) is 5.91 Å². The summed E-state index contributed by atoms with van der Waals surface area (Å²) in [6.45, 7) is 4.69. The van der Waals surface area contributed by atoms with Gasteiger partial charge in [0.15, 0.2) is 5.65 Å². The fourth-order valence-electron chi connectivity index (χ4n) is 4.39. The maximum atomic E-state index is 12.6. The highest BCUT2D eigenvalue weighted by atomic mass is 16.2. The van der Waals surface area contributed by atoms with Crippen LogP contribution >= 0.6 is 0 Å². The van der Waals surface area contributed by atoms with Crippen molar-refractivity contribution in [3.05, 3.63) is 24.2 Å². The highest BCUT2D eigenvalue weighted by Crippen LogP contribution is 2.32. The molecule has 0 N–H and O–H groups in total. The van der Waals surface area contributed by atoms with Gasteiger partial charge in [-0.2, -0.15) is 0 Å². The fraction of sp³-hybridized carbons (Fsp3) is 0.632. The predicted octanol–water partition coefficient (Wildman–Crippen LogP) is 3.35. The molecular formula is C19H26N4O. The van der Waals surface area contributed by atoms with Crippen LogP contribution in [0.25, 0.3) is 11.2 Å². The summed E-state index contributed by atoms with van der Waals surface area (Å²) >= 11 is 0. The van der Waals surface area contributed by atoms with E-state index in [0.29, 0.717) is 17.7 Å². The topological polar surface area (TPSA) is 51.0 Å². The Labute approximate surface area is 143 Å². The molecule has 4 rings (SSSR count). The van der Waals surface area contributed by atoms with Gasteiger partial charge in [0.05, 0.1) is 0 Å². The first-order valence-corrected chi connectivity index (χ1v) is 9.35. The van der Waals surface area contributed by atoms with Crippen LogP contribution in [-0.2, 0) is 11.3 Å². The van der Waals surface area contributed by atoms with Gasteiger partial charge in [0, 0.05) is 38.2 Å². The molecule has 2 aromatic rings. The lowest BCUT2D eigenvalue weighted by molar-refractivity contribution is -0.131. The van der Waals surface area contributed by atoms with E-state index in [1.807, 2.05) is 18.3 Å². The van der Waals surface area contributed by atoms with Crippen LogP contribution in [0.2, 0.25) is 0 Å². The molecule has 0 radical (unpaired) electrons. The Balaban J connectivity index is 1.49. The molecule has 1 atom stereocenters. The SMILES string of the molecule is CCn1c([C@@H]2CCN(C(=O)CC3CCCC3)C2)nc2cccnc21. The molecule has 1 aliphatic carbocycles. The lowest BCUT2D eigenvalue weighted by Gasteiger charge is -2.19. The summed E-state index contributed by atoms with van der Waals surface area (Å²) in [5.74, 6) is 2.41. The first-order valence-electron chi connectivity index (χ1n) is 9.35. The monoisotopic (exact) mass is 326 g/mol. The Morgan fingerprint density at radius 2 is 2.12 bits per heavy atom. The number of carbonyl (C=O) groups is 1. The number of hydrogen-bond acceptors (Lipinski definition) is 3. The third-order valence-electron chi connectivity index (χ3n) is 5.69. The average Bonchev–Trinajstić information content (AvgIpc) is 3.33. The van der Waals surface area contributed by atoms with Crippen LogP contribution in [0.4, 0.5) is 0 Å². The highest BCUT2D eigenvalue weighted by molar-refractivity contribution is 5.77. The van der Waals surface area contributed by atoms with Gasteiger partial charge in [0.1, 0.15) is 11.3 Å². The maximum Gasteiger partial charge on any atom is 0.222 e. The summed E-state index contributed by atoms with van der Waals surface area (Å²) in [4.78, 5) is 24.0. The van der Waals surface area contributed by atoms with Crippen molar-refractivity contribution < 1.29 is 4.79 Å². The van der Waals surface area contributed by atoms with E-state index in [1.54, 1.807) is 0 Å². The minimum atomic E-state index is 0.340. The minimum absolute atomic E-state index is 0.340. The number of imidazole rings is 1. The van der Waals surface area contributed by atoms with Gasteiger partial charge in [-0.3, -0.25) is 4.79 Å². The van der Waals surface area contributed by atoms with Crippen LogP contribution in [-0.4, -0.2) is 38.4 Å². The first-order chi connectivity index (χ1) is 11.8. The molecule has 1 aliphatic heterocycles. The highest BCUT2D eigenvalue weighted by Gasteiger charge is 2.32. The van der Waals surface area contributed by atoms with Crippen LogP contribution in [0.1, 0.15) is 57.2 Å². The molecule has 0 bridgehead atoms. The van der Waals surface area contributed by atoms with Gasteiger partial charge in [-0.25, -0.2) is 9.97 Å². The van der Waals surface area contributed by atoms with Crippen molar-refractivity contribution in [1.29, 1.82) is 0 Å². The van der Waals surface area contributed by atoms with Crippen LogP contribution in [0.15, 0.2) is 18.3 Å². The second-order valence-electron chi connectivity index (χ2n) is 7.24. The Morgan fingerprint density at radius 3 is 2.92 bits per heavy atom. The van der Waals surface area contributed by atoms with Crippen molar-refractivity contribution >= 4 is 17.1 Å². The van der Waals surface area contributed by atoms with Gasteiger partial charge in [-0.05, 0) is 44.2 Å². The maximum absolute atomic E-state index is 12.6. The van der Waals surface area contributed by atoms with Gasteiger partial charge >= 0.3 is 0 Å². The van der Waals surface area contributed by atoms with Crippen molar-refractivity contribution in [2.75, 3.05) is 13.1 Å². The number of nitrogens with zero attached hydrogens (tertiary/aromatic N) is 4. The molecule has 0 aromatic carbocycles. The standard InChI is InChI=1S/C19H26N4O/c1-2-23-18(21-16-8-5-10-20-19(16)23)15-9-11-22(13-15)17(24)12-14-6-3-4-7-14/h5,8,10,14-15H,2-4,6-7,9,11-13H2,1H3/t15-/m1/s1. The molecule has 24 heavy (non-hydrogen) atoms. The number of rotatable bonds is 4. The summed E-state index contributed by atoms with van der Waals surface area (Å²) < 4.78 is 2.21. The van der Waals surface area contributed by atoms with E-state index in [4.69, 9.17) is 4.98 Å². The summed E-state index contributed by atoms with van der Waals surface area (Å²) in [7, 11) is 0. The molecule has 1 amide bonds. The number of pyridine rings is 1. The third-order valence-corrected chi connectivity index (χ3v) is 5.69. The van der Waals surface area contributed by atoms with E-state index in [0.717, 1.165) is 49.5 Å². The van der Waals surface area contributed by atoms with E-state index in [9.17, 15) is 4.79 Å². The van der Waals surface area contributed by atoms with Gasteiger partial charge in [0.25, 0.3) is 0 Å². The molecule has 0 unspecified atom stereocenters. The second-order valence-corrected chi connectivity index (χ2v) is 7.24. The molecule has 128 valence electrons. The Hall–Kier alpha value is -1.91. The van der Waals surface area contributed by atoms with E-state index >= 15 is 0 Å². The van der Waals surface area contributed by atoms with Crippen LogP contribution in [0.3, 0.4) is 0 Å². The summed E-state index contributed by atoms with van der Waals surface area (Å²) in [6, 6.07) is 3.96. The fourth-order valence-corrected chi connectivity index (χ4v) is 4.39. The lowest BCUT2D eigenvalue weighted by atomic mass is 10.0. The molecule has 1 saturated carbocycles. The van der Waals surface area contributed by atoms with Crippen molar-refractivity contribution in [3.8, 4) is 0 Å². The zero-order valence-electron chi connectivity index (χ0n) is 14.4. The Kier molecular flexibility index (Phi) is 4.25.